The highest BCUT2D eigenvalue weighted by atomic mass is 79.9. The van der Waals surface area contributed by atoms with Crippen LogP contribution in [0.4, 0.5) is 0 Å². The highest BCUT2D eigenvalue weighted by Gasteiger charge is 1.91. The maximum Gasteiger partial charge on any atom is 0.0431 e. The van der Waals surface area contributed by atoms with E-state index in [1.54, 1.807) is 0 Å². The Hall–Kier alpha value is 0.920. The van der Waals surface area contributed by atoms with Crippen LogP contribution in [-0.4, -0.2) is 11.7 Å². The van der Waals surface area contributed by atoms with Crippen molar-refractivity contribution in [2.24, 2.45) is 0 Å². The van der Waals surface area contributed by atoms with Gasteiger partial charge in [0.25, 0.3) is 0 Å². The quantitative estimate of drug-likeness (QED) is 0.548. The molecule has 0 aliphatic rings. The molecule has 0 saturated heterocycles. The van der Waals surface area contributed by atoms with E-state index in [1.807, 2.05) is 0 Å². The van der Waals surface area contributed by atoms with Crippen molar-refractivity contribution in [1.29, 1.82) is 0 Å². The van der Waals surface area contributed by atoms with Crippen molar-refractivity contribution in [2.75, 3.05) is 6.61 Å². The third kappa shape index (κ3) is 20.9. The summed E-state index contributed by atoms with van der Waals surface area (Å²) in [6.45, 7) is 2.63. The van der Waals surface area contributed by atoms with E-state index in [0.29, 0.717) is 6.61 Å². The Morgan fingerprint density at radius 1 is 0.600 bits per heavy atom. The molecule has 3 heteroatoms. The molecule has 0 aliphatic carbocycles. The van der Waals surface area contributed by atoms with Crippen LogP contribution in [0, 0.1) is 0 Å². The summed E-state index contributed by atoms with van der Waals surface area (Å²) < 4.78 is 0. The first-order chi connectivity index (χ1) is 6.41. The number of rotatable bonds is 10. The van der Waals surface area contributed by atoms with Crippen LogP contribution in [0.15, 0.2) is 0 Å². The van der Waals surface area contributed by atoms with Crippen LogP contribution in [0.1, 0.15) is 71.1 Å². The van der Waals surface area contributed by atoms with Crippen LogP contribution in [0.2, 0.25) is 0 Å². The van der Waals surface area contributed by atoms with Gasteiger partial charge < -0.3 is 5.11 Å². The molecule has 0 aliphatic heterocycles. The first-order valence-electron chi connectivity index (χ1n) is 6.02. The highest BCUT2D eigenvalue weighted by molar-refractivity contribution is 8.93. The van der Waals surface area contributed by atoms with E-state index in [-0.39, 0.29) is 34.0 Å². The van der Waals surface area contributed by atoms with Gasteiger partial charge in [0.15, 0.2) is 0 Å². The normalized spacial score (nSPS) is 9.20. The lowest BCUT2D eigenvalue weighted by molar-refractivity contribution is 0.282. The molecular weight excluding hydrogens is 320 g/mol. The Bertz CT molecular complexity index is 79.7. The molecule has 1 nitrogen and oxygen atoms in total. The SMILES string of the molecule is Br.Br.CCCCCCCCCCCCO. The zero-order valence-electron chi connectivity index (χ0n) is 10.0. The van der Waals surface area contributed by atoms with E-state index in [0.717, 1.165) is 6.42 Å². The van der Waals surface area contributed by atoms with Gasteiger partial charge >= 0.3 is 0 Å². The smallest absolute Gasteiger partial charge is 0.0431 e. The zero-order valence-corrected chi connectivity index (χ0v) is 13.5. The molecule has 0 unspecified atom stereocenters. The van der Waals surface area contributed by atoms with Crippen molar-refractivity contribution in [3.05, 3.63) is 0 Å². The summed E-state index contributed by atoms with van der Waals surface area (Å²) >= 11 is 0. The highest BCUT2D eigenvalue weighted by Crippen LogP contribution is 2.09. The van der Waals surface area contributed by atoms with Crippen LogP contribution in [0.3, 0.4) is 0 Å². The summed E-state index contributed by atoms with van der Waals surface area (Å²) in [4.78, 5) is 0. The Kier molecular flexibility index (Phi) is 28.8. The first-order valence-corrected chi connectivity index (χ1v) is 6.02. The van der Waals surface area contributed by atoms with Crippen molar-refractivity contribution >= 4 is 34.0 Å². The third-order valence-electron chi connectivity index (χ3n) is 2.51. The first kappa shape index (κ1) is 21.2. The summed E-state index contributed by atoms with van der Waals surface area (Å²) in [7, 11) is 0. The molecule has 1 N–H and O–H groups in total. The van der Waals surface area contributed by atoms with Gasteiger partial charge in [-0.2, -0.15) is 0 Å². The van der Waals surface area contributed by atoms with E-state index in [9.17, 15) is 0 Å². The van der Waals surface area contributed by atoms with E-state index < -0.39 is 0 Å². The summed E-state index contributed by atoms with van der Waals surface area (Å²) in [6, 6.07) is 0. The molecule has 0 spiro atoms. The number of aliphatic hydroxyl groups is 1. The molecule has 0 amide bonds. The molecule has 0 rings (SSSR count). The van der Waals surface area contributed by atoms with Crippen LogP contribution in [0.25, 0.3) is 0 Å². The van der Waals surface area contributed by atoms with Crippen LogP contribution in [0.5, 0.6) is 0 Å². The van der Waals surface area contributed by atoms with Crippen molar-refractivity contribution < 1.29 is 5.11 Å². The maximum absolute atomic E-state index is 8.57. The van der Waals surface area contributed by atoms with Crippen molar-refractivity contribution in [3.63, 3.8) is 0 Å². The van der Waals surface area contributed by atoms with Gasteiger partial charge in [-0.3, -0.25) is 0 Å². The van der Waals surface area contributed by atoms with E-state index >= 15 is 0 Å². The van der Waals surface area contributed by atoms with Gasteiger partial charge in [0, 0.05) is 6.61 Å². The predicted molar refractivity (Wildman–Crippen MR) is 79.6 cm³/mol. The standard InChI is InChI=1S/C12H26O.2BrH/c1-2-3-4-5-6-7-8-9-10-11-12-13;;/h13H,2-12H2,1H3;2*1H. The van der Waals surface area contributed by atoms with Crippen molar-refractivity contribution in [2.45, 2.75) is 71.1 Å². The van der Waals surface area contributed by atoms with E-state index in [2.05, 4.69) is 6.92 Å². The number of unbranched alkanes of at least 4 members (excludes halogenated alkanes) is 9. The van der Waals surface area contributed by atoms with Crippen LogP contribution in [-0.2, 0) is 0 Å². The number of halogens is 2. The molecule has 0 heterocycles. The summed E-state index contributed by atoms with van der Waals surface area (Å²) in [5.74, 6) is 0. The predicted octanol–water partition coefficient (Wildman–Crippen LogP) is 5.06. The summed E-state index contributed by atoms with van der Waals surface area (Å²) in [6.07, 6.45) is 13.3. The van der Waals surface area contributed by atoms with Crippen LogP contribution >= 0.6 is 34.0 Å². The molecule has 0 aromatic rings. The maximum atomic E-state index is 8.57. The van der Waals surface area contributed by atoms with Gasteiger partial charge in [-0.15, -0.1) is 34.0 Å². The summed E-state index contributed by atoms with van der Waals surface area (Å²) in [5, 5.41) is 8.57. The molecule has 0 atom stereocenters. The second-order valence-corrected chi connectivity index (χ2v) is 3.91. The minimum atomic E-state index is 0. The molecule has 15 heavy (non-hydrogen) atoms. The average molecular weight is 348 g/mol. The van der Waals surface area contributed by atoms with Gasteiger partial charge in [0.2, 0.25) is 0 Å². The van der Waals surface area contributed by atoms with E-state index in [1.165, 1.54) is 57.8 Å². The van der Waals surface area contributed by atoms with Gasteiger partial charge in [0.1, 0.15) is 0 Å². The second-order valence-electron chi connectivity index (χ2n) is 3.91. The topological polar surface area (TPSA) is 20.2 Å². The Morgan fingerprint density at radius 3 is 1.27 bits per heavy atom. The fraction of sp³-hybridized carbons (Fsp3) is 1.00. The summed E-state index contributed by atoms with van der Waals surface area (Å²) in [5.41, 5.74) is 0. The Labute approximate surface area is 117 Å². The van der Waals surface area contributed by atoms with Crippen LogP contribution < -0.4 is 0 Å². The molecule has 0 saturated carbocycles. The van der Waals surface area contributed by atoms with Gasteiger partial charge in [-0.1, -0.05) is 64.7 Å². The Morgan fingerprint density at radius 2 is 0.933 bits per heavy atom. The van der Waals surface area contributed by atoms with Crippen molar-refractivity contribution in [3.8, 4) is 0 Å². The fourth-order valence-electron chi connectivity index (χ4n) is 1.60. The van der Waals surface area contributed by atoms with Gasteiger partial charge in [-0.25, -0.2) is 0 Å². The molecule has 0 aromatic heterocycles. The van der Waals surface area contributed by atoms with E-state index in [4.69, 9.17) is 5.11 Å². The number of hydrogen-bond acceptors (Lipinski definition) is 1. The largest absolute Gasteiger partial charge is 0.396 e. The number of aliphatic hydroxyl groups excluding tert-OH is 1. The van der Waals surface area contributed by atoms with Crippen molar-refractivity contribution in [1.82, 2.24) is 0 Å². The molecular formula is C12H28Br2O. The van der Waals surface area contributed by atoms with Gasteiger partial charge in [0.05, 0.1) is 0 Å². The average Bonchev–Trinajstić information content (AvgIpc) is 2.16. The minimum Gasteiger partial charge on any atom is -0.396 e. The molecule has 0 radical (unpaired) electrons. The molecule has 96 valence electrons. The molecule has 0 aromatic carbocycles. The Balaban J connectivity index is -0.000000720. The number of hydrogen-bond donors (Lipinski definition) is 1. The monoisotopic (exact) mass is 346 g/mol. The lowest BCUT2D eigenvalue weighted by Gasteiger charge is -2.00. The lowest BCUT2D eigenvalue weighted by Crippen LogP contribution is -1.84. The molecule has 0 bridgehead atoms. The molecule has 0 fully saturated rings. The minimum absolute atomic E-state index is 0. The lowest BCUT2D eigenvalue weighted by atomic mass is 10.1. The van der Waals surface area contributed by atoms with Gasteiger partial charge in [-0.05, 0) is 6.42 Å². The second kappa shape index (κ2) is 20.3. The zero-order chi connectivity index (χ0) is 9.78. The third-order valence-corrected chi connectivity index (χ3v) is 2.51. The fourth-order valence-corrected chi connectivity index (χ4v) is 1.60.